The van der Waals surface area contributed by atoms with E-state index in [1.807, 2.05) is 0 Å². The molecule has 0 fully saturated rings. The van der Waals surface area contributed by atoms with Crippen LogP contribution in [-0.2, 0) is 0 Å². The van der Waals surface area contributed by atoms with E-state index in [1.165, 1.54) is 0 Å². The van der Waals surface area contributed by atoms with Gasteiger partial charge in [-0.2, -0.15) is 0 Å². The molecule has 0 heterocycles. The summed E-state index contributed by atoms with van der Waals surface area (Å²) in [6, 6.07) is 0. The van der Waals surface area contributed by atoms with Gasteiger partial charge in [-0.25, -0.2) is 0 Å². The van der Waals surface area contributed by atoms with Crippen LogP contribution in [0.2, 0.25) is 0 Å². The molecule has 0 atom stereocenters. The van der Waals surface area contributed by atoms with Gasteiger partial charge in [-0.1, -0.05) is 63.3 Å². The van der Waals surface area contributed by atoms with Crippen LogP contribution < -0.4 is 0 Å². The molecule has 0 N–H and O–H groups in total. The van der Waals surface area contributed by atoms with Crippen molar-refractivity contribution in [1.29, 1.82) is 0 Å². The maximum Gasteiger partial charge on any atom is -0.00896 e. The Morgan fingerprint density at radius 2 is 1.09 bits per heavy atom. The molecule has 0 saturated carbocycles. The van der Waals surface area contributed by atoms with E-state index in [0.29, 0.717) is 10.3 Å². The zero-order valence-corrected chi connectivity index (χ0v) is 11.0. The maximum atomic E-state index is 4.34. The molecular formula is C9H20BrP. The summed E-state index contributed by atoms with van der Waals surface area (Å²) in [6.07, 6.45) is 4.34. The second-order valence-corrected chi connectivity index (χ2v) is 12.8. The SMILES string of the molecule is C=P(Br)(C(C)(C)C)C(C)(C)C. The van der Waals surface area contributed by atoms with Crippen LogP contribution in [-0.4, -0.2) is 16.6 Å². The molecule has 0 aromatic carbocycles. The van der Waals surface area contributed by atoms with Gasteiger partial charge in [0.2, 0.25) is 0 Å². The van der Waals surface area contributed by atoms with E-state index >= 15 is 0 Å². The molecule has 0 nitrogen and oxygen atoms in total. The van der Waals surface area contributed by atoms with Crippen molar-refractivity contribution in [3.05, 3.63) is 0 Å². The molecule has 0 aliphatic heterocycles. The predicted octanol–water partition coefficient (Wildman–Crippen LogP) is 4.34. The normalized spacial score (nSPS) is 15.2. The van der Waals surface area contributed by atoms with Crippen LogP contribution in [0.15, 0.2) is 0 Å². The fourth-order valence-electron chi connectivity index (χ4n) is 1.01. The number of rotatable bonds is 0. The monoisotopic (exact) mass is 238 g/mol. The van der Waals surface area contributed by atoms with Crippen LogP contribution in [0, 0.1) is 0 Å². The molecule has 2 heteroatoms. The minimum absolute atomic E-state index is 0.297. The minimum atomic E-state index is -1.25. The first-order chi connectivity index (χ1) is 4.50. The summed E-state index contributed by atoms with van der Waals surface area (Å²) in [6.45, 7) is 13.5. The van der Waals surface area contributed by atoms with Gasteiger partial charge in [0.15, 0.2) is 0 Å². The van der Waals surface area contributed by atoms with Crippen LogP contribution in [0.1, 0.15) is 41.5 Å². The Labute approximate surface area is 79.5 Å². The van der Waals surface area contributed by atoms with Gasteiger partial charge in [-0.15, -0.1) is 0 Å². The second kappa shape index (κ2) is 2.92. The lowest BCUT2D eigenvalue weighted by atomic mass is 10.2. The molecule has 68 valence electrons. The predicted molar refractivity (Wildman–Crippen MR) is 62.5 cm³/mol. The highest BCUT2D eigenvalue weighted by Gasteiger charge is 2.36. The summed E-state index contributed by atoms with van der Waals surface area (Å²) < 4.78 is 0. The van der Waals surface area contributed by atoms with Gasteiger partial charge in [0.1, 0.15) is 0 Å². The lowest BCUT2D eigenvalue weighted by Gasteiger charge is -2.42. The Hall–Kier alpha value is 0.780. The Kier molecular flexibility index (Phi) is 3.13. The molecule has 0 rings (SSSR count). The Morgan fingerprint density at radius 3 is 1.09 bits per heavy atom. The minimum Gasteiger partial charge on any atom is -0.0899 e. The molecule has 0 saturated heterocycles. The van der Waals surface area contributed by atoms with Crippen molar-refractivity contribution in [3.63, 3.8) is 0 Å². The molecule has 11 heavy (non-hydrogen) atoms. The van der Waals surface area contributed by atoms with Crippen LogP contribution in [0.25, 0.3) is 0 Å². The first-order valence-corrected chi connectivity index (χ1v) is 7.93. The number of halogens is 1. The third-order valence-corrected chi connectivity index (χ3v) is 12.8. The number of hydrogen-bond acceptors (Lipinski definition) is 0. The highest BCUT2D eigenvalue weighted by atomic mass is 79.9. The van der Waals surface area contributed by atoms with E-state index in [-0.39, 0.29) is 0 Å². The van der Waals surface area contributed by atoms with Crippen molar-refractivity contribution in [2.75, 3.05) is 0 Å². The van der Waals surface area contributed by atoms with Gasteiger partial charge >= 0.3 is 0 Å². The van der Waals surface area contributed by atoms with Crippen LogP contribution in [0.5, 0.6) is 0 Å². The third kappa shape index (κ3) is 2.36. The van der Waals surface area contributed by atoms with Crippen molar-refractivity contribution in [3.8, 4) is 0 Å². The van der Waals surface area contributed by atoms with E-state index < -0.39 is 5.59 Å². The quantitative estimate of drug-likeness (QED) is 0.551. The lowest BCUT2D eigenvalue weighted by molar-refractivity contribution is 0.718. The molecule has 0 aromatic rings. The maximum absolute atomic E-state index is 4.34. The average molecular weight is 239 g/mol. The van der Waals surface area contributed by atoms with Gasteiger partial charge < -0.3 is 0 Å². The molecule has 0 radical (unpaired) electrons. The van der Waals surface area contributed by atoms with Crippen LogP contribution in [0.3, 0.4) is 0 Å². The van der Waals surface area contributed by atoms with Gasteiger partial charge in [0.05, 0.1) is 0 Å². The highest BCUT2D eigenvalue weighted by molar-refractivity contribution is 9.41. The molecule has 0 aromatic heterocycles. The summed E-state index contributed by atoms with van der Waals surface area (Å²) in [5.41, 5.74) is -1.25. The Morgan fingerprint density at radius 1 is 0.909 bits per heavy atom. The molecule has 0 unspecified atom stereocenters. The molecule has 0 aliphatic carbocycles. The standard InChI is InChI=1S/C9H20BrP/c1-8(2,3)11(7,10)9(4,5)6/h7H2,1-6H3. The van der Waals surface area contributed by atoms with Crippen LogP contribution in [0.4, 0.5) is 0 Å². The second-order valence-electron chi connectivity index (χ2n) is 5.06. The first kappa shape index (κ1) is 11.8. The van der Waals surface area contributed by atoms with Crippen molar-refractivity contribution >= 4 is 27.4 Å². The van der Waals surface area contributed by atoms with E-state index in [1.54, 1.807) is 0 Å². The van der Waals surface area contributed by atoms with Gasteiger partial charge in [-0.05, 0) is 15.9 Å². The van der Waals surface area contributed by atoms with E-state index in [9.17, 15) is 0 Å². The van der Waals surface area contributed by atoms with Gasteiger partial charge in [0, 0.05) is 0 Å². The van der Waals surface area contributed by atoms with Gasteiger partial charge in [0.25, 0.3) is 0 Å². The van der Waals surface area contributed by atoms with Crippen LogP contribution >= 0.6 is 21.1 Å². The van der Waals surface area contributed by atoms with E-state index in [2.05, 4.69) is 63.3 Å². The van der Waals surface area contributed by atoms with E-state index in [4.69, 9.17) is 0 Å². The fourth-order valence-corrected chi connectivity index (χ4v) is 3.02. The Bertz CT molecular complexity index is 163. The van der Waals surface area contributed by atoms with Crippen molar-refractivity contribution in [1.82, 2.24) is 0 Å². The first-order valence-electron chi connectivity index (χ1n) is 3.93. The lowest BCUT2D eigenvalue weighted by Crippen LogP contribution is -2.25. The summed E-state index contributed by atoms with van der Waals surface area (Å²) >= 11 is 3.82. The molecular weight excluding hydrogens is 219 g/mol. The largest absolute Gasteiger partial charge is 0.0899 e. The third-order valence-electron chi connectivity index (χ3n) is 2.13. The average Bonchev–Trinajstić information content (AvgIpc) is 1.58. The summed E-state index contributed by atoms with van der Waals surface area (Å²) in [4.78, 5) is 0. The van der Waals surface area contributed by atoms with Crippen molar-refractivity contribution in [2.45, 2.75) is 51.9 Å². The zero-order chi connectivity index (χ0) is 9.50. The summed E-state index contributed by atoms with van der Waals surface area (Å²) in [5, 5.41) is 0.594. The number of hydrogen-bond donors (Lipinski definition) is 0. The van der Waals surface area contributed by atoms with E-state index in [0.717, 1.165) is 0 Å². The highest BCUT2D eigenvalue weighted by Crippen LogP contribution is 2.71. The van der Waals surface area contributed by atoms with Crippen molar-refractivity contribution in [2.24, 2.45) is 0 Å². The smallest absolute Gasteiger partial charge is 0.00896 e. The zero-order valence-electron chi connectivity index (χ0n) is 8.53. The molecule has 0 aliphatic rings. The molecule has 0 spiro atoms. The molecule has 0 bridgehead atoms. The fraction of sp³-hybridized carbons (Fsp3) is 0.889. The summed E-state index contributed by atoms with van der Waals surface area (Å²) in [5.74, 6) is 0. The van der Waals surface area contributed by atoms with Crippen molar-refractivity contribution < 1.29 is 0 Å². The Balaban J connectivity index is 4.92. The molecule has 0 amide bonds. The summed E-state index contributed by atoms with van der Waals surface area (Å²) in [7, 11) is 0. The van der Waals surface area contributed by atoms with Gasteiger partial charge in [-0.3, -0.25) is 0 Å². The topological polar surface area (TPSA) is 0 Å².